The molecule has 1 aromatic heterocycles. The van der Waals surface area contributed by atoms with Crippen molar-refractivity contribution >= 4 is 6.21 Å². The fourth-order valence-electron chi connectivity index (χ4n) is 2.04. The van der Waals surface area contributed by atoms with Crippen LogP contribution in [-0.4, -0.2) is 32.5 Å². The third-order valence-corrected chi connectivity index (χ3v) is 3.12. The zero-order valence-corrected chi connectivity index (χ0v) is 11.4. The van der Waals surface area contributed by atoms with Crippen LogP contribution in [0.2, 0.25) is 0 Å². The number of aromatic nitrogens is 3. The quantitative estimate of drug-likeness (QED) is 0.816. The van der Waals surface area contributed by atoms with Crippen molar-refractivity contribution in [3.8, 4) is 5.69 Å². The SMILES string of the molecule is FC(F)c1cccc(-n2cc(CN3C=CC=NC3F)nn2)c1. The van der Waals surface area contributed by atoms with Gasteiger partial charge in [-0.05, 0) is 18.2 Å². The van der Waals surface area contributed by atoms with Crippen LogP contribution in [0.3, 0.4) is 0 Å². The average molecular weight is 307 g/mol. The van der Waals surface area contributed by atoms with Gasteiger partial charge >= 0.3 is 0 Å². The molecule has 0 bridgehead atoms. The van der Waals surface area contributed by atoms with Crippen LogP contribution in [0, 0.1) is 0 Å². The molecule has 1 aromatic carbocycles. The zero-order valence-electron chi connectivity index (χ0n) is 11.4. The van der Waals surface area contributed by atoms with E-state index in [1.807, 2.05) is 0 Å². The Morgan fingerprint density at radius 2 is 2.14 bits per heavy atom. The van der Waals surface area contributed by atoms with Gasteiger partial charge in [0.1, 0.15) is 5.69 Å². The van der Waals surface area contributed by atoms with Crippen molar-refractivity contribution < 1.29 is 13.2 Å². The van der Waals surface area contributed by atoms with Gasteiger partial charge in [-0.15, -0.1) is 5.10 Å². The standard InChI is InChI=1S/C14H12F3N5/c15-13(16)10-3-1-4-12(7-10)22-9-11(19-20-22)8-21-6-2-5-18-14(21)17/h1-7,9,13-14H,8H2. The van der Waals surface area contributed by atoms with Gasteiger partial charge in [-0.25, -0.2) is 18.5 Å². The lowest BCUT2D eigenvalue weighted by molar-refractivity contribution is 0.131. The minimum Gasteiger partial charge on any atom is -0.324 e. The Morgan fingerprint density at radius 1 is 1.27 bits per heavy atom. The van der Waals surface area contributed by atoms with Crippen molar-refractivity contribution in [1.82, 2.24) is 19.9 Å². The third-order valence-electron chi connectivity index (χ3n) is 3.12. The van der Waals surface area contributed by atoms with E-state index < -0.39 is 12.8 Å². The van der Waals surface area contributed by atoms with Crippen LogP contribution in [0.15, 0.2) is 47.7 Å². The fraction of sp³-hybridized carbons (Fsp3) is 0.214. The van der Waals surface area contributed by atoms with E-state index in [0.29, 0.717) is 11.4 Å². The van der Waals surface area contributed by atoms with Gasteiger partial charge in [0.05, 0.1) is 18.4 Å². The zero-order chi connectivity index (χ0) is 15.5. The average Bonchev–Trinajstić information content (AvgIpc) is 2.98. The molecule has 114 valence electrons. The summed E-state index contributed by atoms with van der Waals surface area (Å²) in [5.41, 5.74) is 0.888. The number of aliphatic imine (C=N–C) groups is 1. The Labute approximate surface area is 124 Å². The van der Waals surface area contributed by atoms with E-state index in [0.717, 1.165) is 0 Å². The van der Waals surface area contributed by atoms with E-state index >= 15 is 0 Å². The Hall–Kier alpha value is -2.64. The number of alkyl halides is 3. The summed E-state index contributed by atoms with van der Waals surface area (Å²) in [5, 5.41) is 7.81. The third kappa shape index (κ3) is 3.00. The molecule has 2 aromatic rings. The van der Waals surface area contributed by atoms with E-state index in [4.69, 9.17) is 0 Å². The van der Waals surface area contributed by atoms with E-state index in [9.17, 15) is 13.2 Å². The molecule has 22 heavy (non-hydrogen) atoms. The van der Waals surface area contributed by atoms with Gasteiger partial charge in [0.2, 0.25) is 0 Å². The molecule has 1 unspecified atom stereocenters. The monoisotopic (exact) mass is 307 g/mol. The Balaban J connectivity index is 1.77. The molecule has 1 aliphatic heterocycles. The Bertz CT molecular complexity index is 710. The molecule has 0 radical (unpaired) electrons. The number of hydrogen-bond donors (Lipinski definition) is 0. The van der Waals surface area contributed by atoms with E-state index in [1.165, 1.54) is 34.0 Å². The van der Waals surface area contributed by atoms with Crippen LogP contribution >= 0.6 is 0 Å². The molecule has 1 aliphatic rings. The molecule has 1 atom stereocenters. The number of rotatable bonds is 4. The van der Waals surface area contributed by atoms with Gasteiger partial charge in [-0.1, -0.05) is 17.3 Å². The Morgan fingerprint density at radius 3 is 2.91 bits per heavy atom. The van der Waals surface area contributed by atoms with Gasteiger partial charge in [-0.2, -0.15) is 4.39 Å². The van der Waals surface area contributed by atoms with Crippen LogP contribution in [0.5, 0.6) is 0 Å². The van der Waals surface area contributed by atoms with Gasteiger partial charge in [-0.3, -0.25) is 0 Å². The van der Waals surface area contributed by atoms with Gasteiger partial charge in [0, 0.05) is 18.0 Å². The predicted molar refractivity (Wildman–Crippen MR) is 74.4 cm³/mol. The first-order valence-electron chi connectivity index (χ1n) is 6.53. The van der Waals surface area contributed by atoms with Crippen LogP contribution in [0.4, 0.5) is 13.2 Å². The number of halogens is 3. The number of benzene rings is 1. The second-order valence-electron chi connectivity index (χ2n) is 4.67. The van der Waals surface area contributed by atoms with Crippen LogP contribution in [0.25, 0.3) is 5.69 Å². The van der Waals surface area contributed by atoms with Gasteiger partial charge < -0.3 is 4.90 Å². The van der Waals surface area contributed by atoms with E-state index in [2.05, 4.69) is 15.3 Å². The minimum atomic E-state index is -2.55. The van der Waals surface area contributed by atoms with Crippen molar-refractivity contribution in [2.24, 2.45) is 4.99 Å². The second kappa shape index (κ2) is 6.00. The van der Waals surface area contributed by atoms with E-state index in [-0.39, 0.29) is 12.1 Å². The molecule has 0 spiro atoms. The molecule has 5 nitrogen and oxygen atoms in total. The molecule has 8 heteroatoms. The highest BCUT2D eigenvalue weighted by atomic mass is 19.3. The summed E-state index contributed by atoms with van der Waals surface area (Å²) in [6, 6.07) is 5.85. The summed E-state index contributed by atoms with van der Waals surface area (Å²) in [6.07, 6.45) is 2.13. The summed E-state index contributed by atoms with van der Waals surface area (Å²) in [6.45, 7) is 0.184. The van der Waals surface area contributed by atoms with Crippen molar-refractivity contribution in [2.45, 2.75) is 19.4 Å². The maximum Gasteiger partial charge on any atom is 0.266 e. The van der Waals surface area contributed by atoms with Crippen molar-refractivity contribution in [3.05, 3.63) is 54.0 Å². The first-order chi connectivity index (χ1) is 10.6. The summed E-state index contributed by atoms with van der Waals surface area (Å²) in [7, 11) is 0. The minimum absolute atomic E-state index is 0.0910. The van der Waals surface area contributed by atoms with Crippen molar-refractivity contribution in [1.29, 1.82) is 0 Å². The molecule has 0 fully saturated rings. The topological polar surface area (TPSA) is 46.3 Å². The Kier molecular flexibility index (Phi) is 3.90. The lowest BCUT2D eigenvalue weighted by atomic mass is 10.2. The molecular formula is C14H12F3N5. The first-order valence-corrected chi connectivity index (χ1v) is 6.53. The summed E-state index contributed by atoms with van der Waals surface area (Å²) in [4.78, 5) is 4.96. The first kappa shape index (κ1) is 14.3. The number of nitrogens with zero attached hydrogens (tertiary/aromatic N) is 5. The summed E-state index contributed by atoms with van der Waals surface area (Å²) < 4.78 is 40.3. The smallest absolute Gasteiger partial charge is 0.266 e. The van der Waals surface area contributed by atoms with Crippen LogP contribution < -0.4 is 0 Å². The molecule has 0 saturated heterocycles. The number of allylic oxidation sites excluding steroid dienone is 1. The molecule has 0 aliphatic carbocycles. The second-order valence-corrected chi connectivity index (χ2v) is 4.67. The maximum absolute atomic E-state index is 13.5. The lowest BCUT2D eigenvalue weighted by Gasteiger charge is -2.22. The molecule has 2 heterocycles. The molecule has 0 amide bonds. The van der Waals surface area contributed by atoms with E-state index in [1.54, 1.807) is 24.5 Å². The normalized spacial score (nSPS) is 17.5. The number of hydrogen-bond acceptors (Lipinski definition) is 4. The molecular weight excluding hydrogens is 295 g/mol. The van der Waals surface area contributed by atoms with Gasteiger partial charge in [0.15, 0.2) is 0 Å². The molecule has 3 rings (SSSR count). The highest BCUT2D eigenvalue weighted by molar-refractivity contribution is 5.71. The fourth-order valence-corrected chi connectivity index (χ4v) is 2.04. The van der Waals surface area contributed by atoms with Crippen molar-refractivity contribution in [2.75, 3.05) is 0 Å². The highest BCUT2D eigenvalue weighted by Crippen LogP contribution is 2.21. The largest absolute Gasteiger partial charge is 0.324 e. The van der Waals surface area contributed by atoms with Gasteiger partial charge in [0.25, 0.3) is 12.8 Å². The highest BCUT2D eigenvalue weighted by Gasteiger charge is 2.16. The van der Waals surface area contributed by atoms with Crippen LogP contribution in [0.1, 0.15) is 17.7 Å². The maximum atomic E-state index is 13.5. The summed E-state index contributed by atoms with van der Waals surface area (Å²) in [5.74, 6) is 0. The van der Waals surface area contributed by atoms with Crippen molar-refractivity contribution in [3.63, 3.8) is 0 Å². The summed E-state index contributed by atoms with van der Waals surface area (Å²) >= 11 is 0. The van der Waals surface area contributed by atoms with Crippen LogP contribution in [-0.2, 0) is 6.54 Å². The molecule has 0 N–H and O–H groups in total. The predicted octanol–water partition coefficient (Wildman–Crippen LogP) is 2.86. The lowest BCUT2D eigenvalue weighted by Crippen LogP contribution is -2.27. The molecule has 0 saturated carbocycles.